The second-order valence-corrected chi connectivity index (χ2v) is 8.60. The van der Waals surface area contributed by atoms with E-state index in [-0.39, 0.29) is 41.3 Å². The topological polar surface area (TPSA) is 109 Å². The Morgan fingerprint density at radius 3 is 2.41 bits per heavy atom. The summed E-state index contributed by atoms with van der Waals surface area (Å²) in [5, 5.41) is 11.0. The number of rotatable bonds is 7. The lowest BCUT2D eigenvalue weighted by Crippen LogP contribution is -2.50. The fourth-order valence-corrected chi connectivity index (χ4v) is 4.27. The number of nitrogens with two attached hydrogens (primary N) is 1. The van der Waals surface area contributed by atoms with Crippen molar-refractivity contribution in [3.63, 3.8) is 0 Å². The molecule has 0 atom stereocenters. The number of nitrogens with zero attached hydrogens (tertiary/aromatic N) is 5. The van der Waals surface area contributed by atoms with E-state index in [2.05, 4.69) is 15.5 Å². The first-order valence-electron chi connectivity index (χ1n) is 10.5. The van der Waals surface area contributed by atoms with Crippen LogP contribution in [0.1, 0.15) is 0 Å². The number of nitrogen functional groups attached to an aromatic ring is 1. The van der Waals surface area contributed by atoms with Gasteiger partial charge in [-0.25, -0.2) is 13.5 Å². The zero-order chi connectivity index (χ0) is 24.1. The number of benzene rings is 2. The zero-order valence-electron chi connectivity index (χ0n) is 18.2. The molecule has 0 bridgehead atoms. The van der Waals surface area contributed by atoms with E-state index in [0.29, 0.717) is 37.0 Å². The summed E-state index contributed by atoms with van der Waals surface area (Å²) in [7, 11) is 0. The Balaban J connectivity index is 1.23. The predicted octanol–water partition coefficient (Wildman–Crippen LogP) is 1.81. The van der Waals surface area contributed by atoms with Gasteiger partial charge in [-0.15, -0.1) is 10.2 Å². The van der Waals surface area contributed by atoms with Gasteiger partial charge in [-0.1, -0.05) is 23.9 Å². The third-order valence-electron chi connectivity index (χ3n) is 5.32. The molecule has 2 amide bonds. The standard InChI is InChI=1S/C22H23F2N7O2S/c23-15-5-7-16(8-6-15)26-19(32)13-29-9-11-30(12-10-29)20(33)14-34-22-28-27-21(31(22)25)17-3-1-2-4-18(17)24/h1-8H,9-14,25H2,(H,26,32). The number of nitrogens with one attached hydrogen (secondary N) is 1. The normalized spacial score (nSPS) is 14.2. The Bertz CT molecular complexity index is 1160. The second kappa shape index (κ2) is 10.6. The largest absolute Gasteiger partial charge is 0.339 e. The van der Waals surface area contributed by atoms with E-state index in [1.165, 1.54) is 35.0 Å². The maximum absolute atomic E-state index is 14.0. The van der Waals surface area contributed by atoms with E-state index in [9.17, 15) is 18.4 Å². The monoisotopic (exact) mass is 487 g/mol. The van der Waals surface area contributed by atoms with Crippen molar-refractivity contribution in [2.24, 2.45) is 0 Å². The number of hydrogen-bond acceptors (Lipinski definition) is 7. The lowest BCUT2D eigenvalue weighted by Gasteiger charge is -2.34. The maximum Gasteiger partial charge on any atom is 0.238 e. The first-order valence-corrected chi connectivity index (χ1v) is 11.5. The molecule has 1 fully saturated rings. The molecule has 12 heteroatoms. The molecule has 3 aromatic rings. The van der Waals surface area contributed by atoms with Crippen LogP contribution >= 0.6 is 11.8 Å². The van der Waals surface area contributed by atoms with Crippen molar-refractivity contribution in [3.8, 4) is 11.4 Å². The summed E-state index contributed by atoms with van der Waals surface area (Å²) in [6.07, 6.45) is 0. The van der Waals surface area contributed by atoms with E-state index < -0.39 is 5.82 Å². The van der Waals surface area contributed by atoms with E-state index in [1.54, 1.807) is 23.1 Å². The average molecular weight is 488 g/mol. The molecule has 1 aromatic heterocycles. The van der Waals surface area contributed by atoms with Crippen LogP contribution in [0.25, 0.3) is 11.4 Å². The number of carbonyl (C=O) groups excluding carboxylic acids is 2. The van der Waals surface area contributed by atoms with E-state index >= 15 is 0 Å². The van der Waals surface area contributed by atoms with Crippen molar-refractivity contribution in [2.75, 3.05) is 49.6 Å². The van der Waals surface area contributed by atoms with Gasteiger partial charge in [0.1, 0.15) is 11.6 Å². The molecule has 1 aliphatic heterocycles. The number of hydrogen-bond donors (Lipinski definition) is 2. The summed E-state index contributed by atoms with van der Waals surface area (Å²) < 4.78 is 28.2. The molecule has 0 aliphatic carbocycles. The predicted molar refractivity (Wildman–Crippen MR) is 124 cm³/mol. The highest BCUT2D eigenvalue weighted by Gasteiger charge is 2.23. The molecule has 0 saturated carbocycles. The van der Waals surface area contributed by atoms with Crippen molar-refractivity contribution >= 4 is 29.3 Å². The highest BCUT2D eigenvalue weighted by Crippen LogP contribution is 2.24. The Hall–Kier alpha value is -3.51. The third kappa shape index (κ3) is 5.69. The Kier molecular flexibility index (Phi) is 7.38. The lowest BCUT2D eigenvalue weighted by molar-refractivity contribution is -0.130. The fourth-order valence-electron chi connectivity index (χ4n) is 3.51. The third-order valence-corrected chi connectivity index (χ3v) is 6.25. The smallest absolute Gasteiger partial charge is 0.238 e. The first-order chi connectivity index (χ1) is 16.4. The lowest BCUT2D eigenvalue weighted by atomic mass is 10.2. The van der Waals surface area contributed by atoms with E-state index in [1.807, 2.05) is 4.90 Å². The SMILES string of the molecule is Nn1c(SCC(=O)N2CCN(CC(=O)Nc3ccc(F)cc3)CC2)nnc1-c1ccccc1F. The van der Waals surface area contributed by atoms with Gasteiger partial charge >= 0.3 is 0 Å². The van der Waals surface area contributed by atoms with Crippen LogP contribution in [-0.4, -0.2) is 75.0 Å². The minimum absolute atomic E-state index is 0.0872. The van der Waals surface area contributed by atoms with Crippen molar-refractivity contribution in [3.05, 3.63) is 60.2 Å². The number of carbonyl (C=O) groups is 2. The van der Waals surface area contributed by atoms with Crippen LogP contribution < -0.4 is 11.2 Å². The number of aromatic nitrogens is 3. The van der Waals surface area contributed by atoms with Crippen molar-refractivity contribution in [2.45, 2.75) is 5.16 Å². The van der Waals surface area contributed by atoms with Crippen LogP contribution in [0.2, 0.25) is 0 Å². The summed E-state index contributed by atoms with van der Waals surface area (Å²) in [5.41, 5.74) is 0.762. The molecule has 9 nitrogen and oxygen atoms in total. The van der Waals surface area contributed by atoms with Crippen LogP contribution in [0.15, 0.2) is 53.7 Å². The van der Waals surface area contributed by atoms with Gasteiger partial charge in [-0.3, -0.25) is 14.5 Å². The molecule has 0 spiro atoms. The van der Waals surface area contributed by atoms with Crippen LogP contribution in [0.3, 0.4) is 0 Å². The van der Waals surface area contributed by atoms with Gasteiger partial charge in [-0.05, 0) is 36.4 Å². The van der Waals surface area contributed by atoms with Crippen LogP contribution in [-0.2, 0) is 9.59 Å². The average Bonchev–Trinajstić information content (AvgIpc) is 3.19. The molecule has 1 saturated heterocycles. The number of halogens is 2. The minimum Gasteiger partial charge on any atom is -0.339 e. The minimum atomic E-state index is -0.460. The summed E-state index contributed by atoms with van der Waals surface area (Å²) >= 11 is 1.13. The van der Waals surface area contributed by atoms with Crippen LogP contribution in [0, 0.1) is 11.6 Å². The number of thioether (sulfide) groups is 1. The summed E-state index contributed by atoms with van der Waals surface area (Å²) in [4.78, 5) is 28.5. The van der Waals surface area contributed by atoms with Crippen LogP contribution in [0.5, 0.6) is 0 Å². The van der Waals surface area contributed by atoms with Gasteiger partial charge in [0.25, 0.3) is 0 Å². The van der Waals surface area contributed by atoms with Crippen molar-refractivity contribution in [1.82, 2.24) is 24.7 Å². The highest BCUT2D eigenvalue weighted by molar-refractivity contribution is 7.99. The van der Waals surface area contributed by atoms with Gasteiger partial charge < -0.3 is 16.1 Å². The van der Waals surface area contributed by atoms with Crippen molar-refractivity contribution < 1.29 is 18.4 Å². The molecule has 34 heavy (non-hydrogen) atoms. The Morgan fingerprint density at radius 1 is 1.00 bits per heavy atom. The molecule has 1 aliphatic rings. The van der Waals surface area contributed by atoms with E-state index in [0.717, 1.165) is 11.8 Å². The van der Waals surface area contributed by atoms with Crippen LogP contribution in [0.4, 0.5) is 14.5 Å². The molecule has 0 radical (unpaired) electrons. The molecule has 4 rings (SSSR count). The molecule has 2 aromatic carbocycles. The summed E-state index contributed by atoms with van der Waals surface area (Å²) in [6.45, 7) is 2.26. The summed E-state index contributed by atoms with van der Waals surface area (Å²) in [5.74, 6) is 5.19. The number of piperazine rings is 1. The van der Waals surface area contributed by atoms with Crippen molar-refractivity contribution in [1.29, 1.82) is 0 Å². The maximum atomic E-state index is 14.0. The second-order valence-electron chi connectivity index (χ2n) is 7.66. The molecular weight excluding hydrogens is 464 g/mol. The van der Waals surface area contributed by atoms with E-state index in [4.69, 9.17) is 5.84 Å². The molecule has 3 N–H and O–H groups in total. The molecule has 2 heterocycles. The summed E-state index contributed by atoms with van der Waals surface area (Å²) in [6, 6.07) is 11.7. The van der Waals surface area contributed by atoms with Gasteiger partial charge in [0.15, 0.2) is 5.82 Å². The molecule has 178 valence electrons. The zero-order valence-corrected chi connectivity index (χ0v) is 19.0. The van der Waals surface area contributed by atoms with Gasteiger partial charge in [-0.2, -0.15) is 0 Å². The Morgan fingerprint density at radius 2 is 1.71 bits per heavy atom. The fraction of sp³-hybridized carbons (Fsp3) is 0.273. The highest BCUT2D eigenvalue weighted by atomic mass is 32.2. The van der Waals surface area contributed by atoms with Gasteiger partial charge in [0.2, 0.25) is 17.0 Å². The van der Waals surface area contributed by atoms with Gasteiger partial charge in [0.05, 0.1) is 17.9 Å². The molecular formula is C22H23F2N7O2S. The number of amides is 2. The quantitative estimate of drug-likeness (QED) is 0.386. The molecule has 0 unspecified atom stereocenters. The van der Waals surface area contributed by atoms with Gasteiger partial charge in [0, 0.05) is 31.9 Å². The first kappa shape index (κ1) is 23.6. The Labute approximate surface area is 198 Å². The number of anilines is 1.